The van der Waals surface area contributed by atoms with Crippen LogP contribution < -0.4 is 5.73 Å². The summed E-state index contributed by atoms with van der Waals surface area (Å²) in [5.41, 5.74) is 5.75. The summed E-state index contributed by atoms with van der Waals surface area (Å²) in [4.78, 5) is 15.1. The number of nitrogens with two attached hydrogens (primary N) is 1. The molecule has 1 amide bonds. The minimum Gasteiger partial charge on any atom is -0.339 e. The summed E-state index contributed by atoms with van der Waals surface area (Å²) in [6.45, 7) is 4.08. The van der Waals surface area contributed by atoms with Gasteiger partial charge in [0.15, 0.2) is 0 Å². The van der Waals surface area contributed by atoms with Crippen LogP contribution in [0.2, 0.25) is 0 Å². The maximum Gasteiger partial charge on any atom is 0.243 e. The quantitative estimate of drug-likeness (QED) is 0.832. The molecule has 0 bridgehead atoms. The molecule has 3 atom stereocenters. The Hall–Kier alpha value is -1.15. The van der Waals surface area contributed by atoms with Crippen molar-refractivity contribution in [1.29, 1.82) is 0 Å². The van der Waals surface area contributed by atoms with Gasteiger partial charge >= 0.3 is 0 Å². The van der Waals surface area contributed by atoms with Crippen LogP contribution in [0, 0.1) is 11.8 Å². The van der Waals surface area contributed by atoms with Crippen LogP contribution in [-0.2, 0) is 14.8 Å². The number of sulfonamides is 1. The second-order valence-electron chi connectivity index (χ2n) is 7.19. The molecular weight excluding hydrogens is 374 g/mol. The number of piperidine rings is 1. The zero-order chi connectivity index (χ0) is 18.0. The number of likely N-dealkylation sites (tertiary alicyclic amines) is 1. The van der Waals surface area contributed by atoms with E-state index in [4.69, 9.17) is 5.73 Å². The number of rotatable bonds is 4. The second kappa shape index (κ2) is 8.69. The lowest BCUT2D eigenvalue weighted by Gasteiger charge is -2.34. The van der Waals surface area contributed by atoms with Crippen molar-refractivity contribution in [2.24, 2.45) is 17.6 Å². The fourth-order valence-corrected chi connectivity index (χ4v) is 5.50. The van der Waals surface area contributed by atoms with E-state index in [0.29, 0.717) is 36.9 Å². The predicted molar refractivity (Wildman–Crippen MR) is 104 cm³/mol. The molecule has 0 spiro atoms. The molecule has 1 aromatic carbocycles. The van der Waals surface area contributed by atoms with E-state index in [0.717, 1.165) is 12.8 Å². The highest BCUT2D eigenvalue weighted by Crippen LogP contribution is 2.29. The van der Waals surface area contributed by atoms with Crippen LogP contribution in [0.1, 0.15) is 26.2 Å². The number of carbonyl (C=O) groups is 1. The first-order chi connectivity index (χ1) is 11.9. The molecule has 6 nitrogen and oxygen atoms in total. The molecule has 2 N–H and O–H groups in total. The summed E-state index contributed by atoms with van der Waals surface area (Å²) in [5.74, 6) is 0.175. The monoisotopic (exact) mass is 401 g/mol. The highest BCUT2D eigenvalue weighted by atomic mass is 35.5. The number of nitrogens with zero attached hydrogens (tertiary/aromatic N) is 2. The van der Waals surface area contributed by atoms with Gasteiger partial charge in [0, 0.05) is 25.7 Å². The molecule has 0 aliphatic carbocycles. The van der Waals surface area contributed by atoms with Gasteiger partial charge in [-0.1, -0.05) is 18.2 Å². The van der Waals surface area contributed by atoms with Crippen LogP contribution in [0.25, 0.3) is 0 Å². The average Bonchev–Trinajstić information content (AvgIpc) is 3.03. The third-order valence-corrected chi connectivity index (χ3v) is 7.27. The number of amides is 1. The fourth-order valence-electron chi connectivity index (χ4n) is 3.96. The number of halogens is 1. The average molecular weight is 402 g/mol. The van der Waals surface area contributed by atoms with Crippen LogP contribution >= 0.6 is 12.4 Å². The van der Waals surface area contributed by atoms with E-state index in [2.05, 4.69) is 6.92 Å². The van der Waals surface area contributed by atoms with Gasteiger partial charge in [0.25, 0.3) is 0 Å². The van der Waals surface area contributed by atoms with Gasteiger partial charge in [0.05, 0.1) is 10.8 Å². The van der Waals surface area contributed by atoms with Crippen molar-refractivity contribution < 1.29 is 13.2 Å². The maximum absolute atomic E-state index is 12.9. The standard InChI is InChI=1S/C18H27N3O3S.ClH/c1-14-10-15(11-19)12-21(14)18(22)16-6-5-9-20(13-16)25(23,24)17-7-3-2-4-8-17;/h2-4,7-8,14-16H,5-6,9-13,19H2,1H3;1H. The molecule has 1 aromatic rings. The Morgan fingerprint density at radius 3 is 2.54 bits per heavy atom. The van der Waals surface area contributed by atoms with Gasteiger partial charge in [0.1, 0.15) is 0 Å². The van der Waals surface area contributed by atoms with E-state index in [-0.39, 0.29) is 36.8 Å². The third kappa shape index (κ3) is 4.22. The van der Waals surface area contributed by atoms with Gasteiger partial charge < -0.3 is 10.6 Å². The zero-order valence-electron chi connectivity index (χ0n) is 15.1. The van der Waals surface area contributed by atoms with Gasteiger partial charge in [-0.25, -0.2) is 8.42 Å². The predicted octanol–water partition coefficient (Wildman–Crippen LogP) is 1.70. The molecule has 2 fully saturated rings. The van der Waals surface area contributed by atoms with Gasteiger partial charge in [0.2, 0.25) is 15.9 Å². The zero-order valence-corrected chi connectivity index (χ0v) is 16.7. The largest absolute Gasteiger partial charge is 0.339 e. The van der Waals surface area contributed by atoms with Crippen LogP contribution in [0.3, 0.4) is 0 Å². The Labute approximate surface area is 162 Å². The Bertz CT molecular complexity index is 714. The van der Waals surface area contributed by atoms with Crippen molar-refractivity contribution in [3.63, 3.8) is 0 Å². The molecule has 2 heterocycles. The summed E-state index contributed by atoms with van der Waals surface area (Å²) in [5, 5.41) is 0. The first kappa shape index (κ1) is 21.2. The van der Waals surface area contributed by atoms with E-state index in [1.165, 1.54) is 4.31 Å². The lowest BCUT2D eigenvalue weighted by atomic mass is 9.98. The summed E-state index contributed by atoms with van der Waals surface area (Å²) < 4.78 is 27.1. The van der Waals surface area contributed by atoms with Crippen LogP contribution in [0.15, 0.2) is 35.2 Å². The number of carbonyl (C=O) groups excluding carboxylic acids is 1. The van der Waals surface area contributed by atoms with Gasteiger partial charge in [-0.2, -0.15) is 4.31 Å². The topological polar surface area (TPSA) is 83.7 Å². The minimum absolute atomic E-state index is 0. The normalized spacial score (nSPS) is 27.2. The lowest BCUT2D eigenvalue weighted by molar-refractivity contribution is -0.137. The third-order valence-electron chi connectivity index (χ3n) is 5.39. The number of hydrogen-bond acceptors (Lipinski definition) is 4. The van der Waals surface area contributed by atoms with Crippen molar-refractivity contribution in [3.8, 4) is 0 Å². The van der Waals surface area contributed by atoms with E-state index in [9.17, 15) is 13.2 Å². The SMILES string of the molecule is CC1CC(CN)CN1C(=O)C1CCCN(S(=O)(=O)c2ccccc2)C1.Cl. The number of hydrogen-bond donors (Lipinski definition) is 1. The second-order valence-corrected chi connectivity index (χ2v) is 9.13. The van der Waals surface area contributed by atoms with Crippen molar-refractivity contribution in [1.82, 2.24) is 9.21 Å². The van der Waals surface area contributed by atoms with Crippen molar-refractivity contribution >= 4 is 28.3 Å². The Balaban J connectivity index is 0.00000243. The highest BCUT2D eigenvalue weighted by Gasteiger charge is 2.39. The van der Waals surface area contributed by atoms with Crippen molar-refractivity contribution in [3.05, 3.63) is 30.3 Å². The molecule has 8 heteroatoms. The smallest absolute Gasteiger partial charge is 0.243 e. The van der Waals surface area contributed by atoms with E-state index < -0.39 is 10.0 Å². The highest BCUT2D eigenvalue weighted by molar-refractivity contribution is 7.89. The van der Waals surface area contributed by atoms with Crippen LogP contribution in [0.5, 0.6) is 0 Å². The van der Waals surface area contributed by atoms with Gasteiger partial charge in [-0.15, -0.1) is 12.4 Å². The molecule has 3 rings (SSSR count). The molecule has 0 aromatic heterocycles. The molecule has 0 saturated carbocycles. The molecule has 2 aliphatic rings. The fraction of sp³-hybridized carbons (Fsp3) is 0.611. The maximum atomic E-state index is 12.9. The molecule has 2 saturated heterocycles. The summed E-state index contributed by atoms with van der Waals surface area (Å²) in [6, 6.07) is 8.63. The molecule has 0 radical (unpaired) electrons. The first-order valence-corrected chi connectivity index (χ1v) is 10.4. The van der Waals surface area contributed by atoms with E-state index in [1.54, 1.807) is 30.3 Å². The number of benzene rings is 1. The molecular formula is C18H28ClN3O3S. The Morgan fingerprint density at radius 2 is 1.92 bits per heavy atom. The first-order valence-electron chi connectivity index (χ1n) is 8.99. The Morgan fingerprint density at radius 1 is 1.23 bits per heavy atom. The van der Waals surface area contributed by atoms with E-state index >= 15 is 0 Å². The van der Waals surface area contributed by atoms with Crippen LogP contribution in [-0.4, -0.2) is 55.8 Å². The van der Waals surface area contributed by atoms with Crippen molar-refractivity contribution in [2.75, 3.05) is 26.2 Å². The summed E-state index contributed by atoms with van der Waals surface area (Å²) in [7, 11) is -3.54. The molecule has 26 heavy (non-hydrogen) atoms. The van der Waals surface area contributed by atoms with Crippen molar-refractivity contribution in [2.45, 2.75) is 37.1 Å². The molecule has 3 unspecified atom stereocenters. The minimum atomic E-state index is -3.54. The van der Waals surface area contributed by atoms with E-state index in [1.807, 2.05) is 4.90 Å². The van der Waals surface area contributed by atoms with Gasteiger partial charge in [-0.05, 0) is 50.8 Å². The summed E-state index contributed by atoms with van der Waals surface area (Å²) in [6.07, 6.45) is 2.39. The molecule has 2 aliphatic heterocycles. The van der Waals surface area contributed by atoms with Crippen LogP contribution in [0.4, 0.5) is 0 Å². The molecule has 146 valence electrons. The Kier molecular flexibility index (Phi) is 7.07. The lowest BCUT2D eigenvalue weighted by Crippen LogP contribution is -2.47. The summed E-state index contributed by atoms with van der Waals surface area (Å²) >= 11 is 0. The van der Waals surface area contributed by atoms with Gasteiger partial charge in [-0.3, -0.25) is 4.79 Å².